The molecule has 24 heavy (non-hydrogen) atoms. The third-order valence-electron chi connectivity index (χ3n) is 3.94. The Balaban J connectivity index is 2.30. The van der Waals surface area contributed by atoms with E-state index in [-0.39, 0.29) is 10.6 Å². The minimum atomic E-state index is -0.379. The highest BCUT2D eigenvalue weighted by Gasteiger charge is 2.15. The van der Waals surface area contributed by atoms with E-state index in [2.05, 4.69) is 0 Å². The van der Waals surface area contributed by atoms with Gasteiger partial charge in [-0.1, -0.05) is 18.2 Å². The van der Waals surface area contributed by atoms with E-state index in [1.807, 2.05) is 18.2 Å². The predicted octanol–water partition coefficient (Wildman–Crippen LogP) is 2.90. The van der Waals surface area contributed by atoms with Crippen LogP contribution in [0.1, 0.15) is 16.7 Å². The number of nitro benzene ring substituents is 1. The summed E-state index contributed by atoms with van der Waals surface area (Å²) in [7, 11) is 3.21. The quantitative estimate of drug-likeness (QED) is 0.594. The second-order valence-corrected chi connectivity index (χ2v) is 5.40. The molecule has 0 spiro atoms. The maximum Gasteiger partial charge on any atom is 0.269 e. The Morgan fingerprint density at radius 1 is 1.08 bits per heavy atom. The number of hydrogen-bond donors (Lipinski definition) is 1. The Morgan fingerprint density at radius 2 is 1.88 bits per heavy atom. The minimum absolute atomic E-state index is 0.104. The van der Waals surface area contributed by atoms with Crippen molar-refractivity contribution in [2.45, 2.75) is 19.3 Å². The van der Waals surface area contributed by atoms with Gasteiger partial charge in [0.25, 0.3) is 5.69 Å². The van der Waals surface area contributed by atoms with E-state index in [0.717, 1.165) is 23.1 Å². The largest absolute Gasteiger partial charge is 0.493 e. The van der Waals surface area contributed by atoms with Crippen LogP contribution in [0.25, 0.3) is 0 Å². The molecule has 6 heteroatoms. The lowest BCUT2D eigenvalue weighted by molar-refractivity contribution is -0.384. The fourth-order valence-corrected chi connectivity index (χ4v) is 2.79. The highest BCUT2D eigenvalue weighted by Crippen LogP contribution is 2.34. The first kappa shape index (κ1) is 17.7. The summed E-state index contributed by atoms with van der Waals surface area (Å²) in [6.45, 7) is 0.541. The molecular formula is C18H22N2O4. The van der Waals surface area contributed by atoms with Crippen LogP contribution in [0, 0.1) is 10.1 Å². The molecule has 0 heterocycles. The summed E-state index contributed by atoms with van der Waals surface area (Å²) in [5.41, 5.74) is 8.87. The van der Waals surface area contributed by atoms with Crippen LogP contribution in [0.15, 0.2) is 36.4 Å². The van der Waals surface area contributed by atoms with E-state index in [1.54, 1.807) is 26.4 Å². The molecule has 2 aromatic carbocycles. The van der Waals surface area contributed by atoms with Gasteiger partial charge in [-0.05, 0) is 43.0 Å². The molecule has 6 nitrogen and oxygen atoms in total. The van der Waals surface area contributed by atoms with Crippen molar-refractivity contribution in [3.05, 3.63) is 63.2 Å². The molecule has 0 unspecified atom stereocenters. The number of rotatable bonds is 8. The average Bonchev–Trinajstić information content (AvgIpc) is 2.60. The van der Waals surface area contributed by atoms with E-state index in [4.69, 9.17) is 15.2 Å². The number of hydrogen-bond acceptors (Lipinski definition) is 5. The molecule has 0 amide bonds. The van der Waals surface area contributed by atoms with E-state index >= 15 is 0 Å². The van der Waals surface area contributed by atoms with Crippen molar-refractivity contribution >= 4 is 5.69 Å². The number of ether oxygens (including phenoxy) is 2. The molecule has 0 radical (unpaired) electrons. The van der Waals surface area contributed by atoms with Crippen molar-refractivity contribution in [3.8, 4) is 11.5 Å². The second-order valence-electron chi connectivity index (χ2n) is 5.40. The van der Waals surface area contributed by atoms with Gasteiger partial charge >= 0.3 is 0 Å². The summed E-state index contributed by atoms with van der Waals surface area (Å²) in [5.74, 6) is 1.38. The molecule has 0 aliphatic carbocycles. The smallest absolute Gasteiger partial charge is 0.269 e. The Kier molecular flexibility index (Phi) is 6.14. The maximum atomic E-state index is 10.9. The number of nitrogens with zero attached hydrogens (tertiary/aromatic N) is 1. The Bertz CT molecular complexity index is 716. The normalized spacial score (nSPS) is 10.5. The van der Waals surface area contributed by atoms with Gasteiger partial charge < -0.3 is 15.2 Å². The van der Waals surface area contributed by atoms with Crippen molar-refractivity contribution in [2.75, 3.05) is 20.8 Å². The molecule has 2 N–H and O–H groups in total. The number of aryl methyl sites for hydroxylation is 1. The molecule has 128 valence electrons. The third-order valence-corrected chi connectivity index (χ3v) is 3.94. The monoisotopic (exact) mass is 330 g/mol. The summed E-state index contributed by atoms with van der Waals surface area (Å²) < 4.78 is 10.9. The van der Waals surface area contributed by atoms with Gasteiger partial charge in [0.05, 0.1) is 19.1 Å². The first-order valence-corrected chi connectivity index (χ1v) is 7.76. The molecule has 2 aromatic rings. The molecule has 2 rings (SSSR count). The van der Waals surface area contributed by atoms with Gasteiger partial charge in [-0.15, -0.1) is 0 Å². The molecule has 0 bridgehead atoms. The summed E-state index contributed by atoms with van der Waals surface area (Å²) in [6.07, 6.45) is 2.10. The highest BCUT2D eigenvalue weighted by atomic mass is 16.6. The zero-order valence-electron chi connectivity index (χ0n) is 14.0. The molecular weight excluding hydrogens is 308 g/mol. The molecule has 0 aliphatic heterocycles. The minimum Gasteiger partial charge on any atom is -0.493 e. The molecule has 0 saturated heterocycles. The van der Waals surface area contributed by atoms with Crippen molar-refractivity contribution < 1.29 is 14.4 Å². The van der Waals surface area contributed by atoms with Crippen molar-refractivity contribution in [2.24, 2.45) is 5.73 Å². The van der Waals surface area contributed by atoms with Crippen LogP contribution in [0.5, 0.6) is 11.5 Å². The number of non-ortho nitro benzene ring substituents is 1. The van der Waals surface area contributed by atoms with Crippen molar-refractivity contribution in [1.82, 2.24) is 0 Å². The van der Waals surface area contributed by atoms with Gasteiger partial charge in [0.2, 0.25) is 0 Å². The summed E-state index contributed by atoms with van der Waals surface area (Å²) in [6, 6.07) is 10.6. The number of nitro groups is 1. The number of nitrogens with two attached hydrogens (primary N) is 1. The summed E-state index contributed by atoms with van der Waals surface area (Å²) in [5, 5.41) is 10.9. The molecule has 0 atom stereocenters. The van der Waals surface area contributed by atoms with Gasteiger partial charge in [0.15, 0.2) is 11.5 Å². The fourth-order valence-electron chi connectivity index (χ4n) is 2.79. The lowest BCUT2D eigenvalue weighted by atomic mass is 9.96. The zero-order valence-corrected chi connectivity index (χ0v) is 14.0. The van der Waals surface area contributed by atoms with Crippen LogP contribution >= 0.6 is 0 Å². The number of benzene rings is 2. The SMILES string of the molecule is COc1ccc(CCN)c(CCc2cccc([N+](=O)[O-])c2)c1OC. The first-order chi connectivity index (χ1) is 11.6. The topological polar surface area (TPSA) is 87.6 Å². The third kappa shape index (κ3) is 4.02. The summed E-state index contributed by atoms with van der Waals surface area (Å²) >= 11 is 0. The van der Waals surface area contributed by atoms with Crippen LogP contribution in [0.4, 0.5) is 5.69 Å². The van der Waals surface area contributed by atoms with Crippen LogP contribution in [0.3, 0.4) is 0 Å². The van der Waals surface area contributed by atoms with Crippen LogP contribution in [0.2, 0.25) is 0 Å². The standard InChI is InChI=1S/C18H22N2O4/c1-23-17-9-7-14(10-11-19)16(18(17)24-2)8-6-13-4-3-5-15(12-13)20(21)22/h3-5,7,9,12H,6,8,10-11,19H2,1-2H3. The maximum absolute atomic E-state index is 10.9. The van der Waals surface area contributed by atoms with Crippen LogP contribution < -0.4 is 15.2 Å². The molecule has 0 saturated carbocycles. The average molecular weight is 330 g/mol. The molecule has 0 aromatic heterocycles. The van der Waals surface area contributed by atoms with Crippen LogP contribution in [-0.2, 0) is 19.3 Å². The highest BCUT2D eigenvalue weighted by molar-refractivity contribution is 5.51. The second kappa shape index (κ2) is 8.31. The van der Waals surface area contributed by atoms with Gasteiger partial charge in [-0.25, -0.2) is 0 Å². The summed E-state index contributed by atoms with van der Waals surface area (Å²) in [4.78, 5) is 10.5. The van der Waals surface area contributed by atoms with Gasteiger partial charge in [-0.2, -0.15) is 0 Å². The lowest BCUT2D eigenvalue weighted by Gasteiger charge is -2.17. The van der Waals surface area contributed by atoms with E-state index in [1.165, 1.54) is 6.07 Å². The van der Waals surface area contributed by atoms with E-state index in [0.29, 0.717) is 30.9 Å². The fraction of sp³-hybridized carbons (Fsp3) is 0.333. The zero-order chi connectivity index (χ0) is 17.5. The van der Waals surface area contributed by atoms with Gasteiger partial charge in [0.1, 0.15) is 0 Å². The van der Waals surface area contributed by atoms with Crippen LogP contribution in [-0.4, -0.2) is 25.7 Å². The number of methoxy groups -OCH3 is 2. The van der Waals surface area contributed by atoms with Gasteiger partial charge in [-0.3, -0.25) is 10.1 Å². The van der Waals surface area contributed by atoms with Gasteiger partial charge in [0, 0.05) is 17.7 Å². The van der Waals surface area contributed by atoms with E-state index < -0.39 is 0 Å². The Hall–Kier alpha value is -2.60. The van der Waals surface area contributed by atoms with Crippen molar-refractivity contribution in [3.63, 3.8) is 0 Å². The lowest BCUT2D eigenvalue weighted by Crippen LogP contribution is -2.08. The Morgan fingerprint density at radius 3 is 2.50 bits per heavy atom. The Labute approximate surface area is 141 Å². The predicted molar refractivity (Wildman–Crippen MR) is 92.8 cm³/mol. The molecule has 0 aliphatic rings. The first-order valence-electron chi connectivity index (χ1n) is 7.76. The van der Waals surface area contributed by atoms with Crippen molar-refractivity contribution in [1.29, 1.82) is 0 Å². The molecule has 0 fully saturated rings. The van der Waals surface area contributed by atoms with E-state index in [9.17, 15) is 10.1 Å².